The molecule has 7 heteroatoms. The Morgan fingerprint density at radius 2 is 2.16 bits per heavy atom. The molecule has 2 aromatic rings. The van der Waals surface area contributed by atoms with E-state index in [-0.39, 0.29) is 22.2 Å². The molecule has 2 rings (SSSR count). The quantitative estimate of drug-likeness (QED) is 0.908. The van der Waals surface area contributed by atoms with Gasteiger partial charge in [0.15, 0.2) is 11.6 Å². The van der Waals surface area contributed by atoms with Crippen LogP contribution in [0, 0.1) is 5.82 Å². The molecule has 98 valence electrons. The van der Waals surface area contributed by atoms with E-state index in [0.717, 1.165) is 0 Å². The van der Waals surface area contributed by atoms with Crippen molar-refractivity contribution in [2.75, 3.05) is 0 Å². The van der Waals surface area contributed by atoms with Crippen LogP contribution in [0.25, 0.3) is 0 Å². The average Bonchev–Trinajstić information content (AvgIpc) is 2.34. The summed E-state index contributed by atoms with van der Waals surface area (Å²) in [5, 5.41) is 8.72. The Bertz CT molecular complexity index is 651. The fourth-order valence-electron chi connectivity index (χ4n) is 1.32. The first kappa shape index (κ1) is 13.8. The molecule has 1 aromatic heterocycles. The van der Waals surface area contributed by atoms with Crippen molar-refractivity contribution in [1.82, 2.24) is 4.98 Å². The van der Waals surface area contributed by atoms with Crippen LogP contribution in [0.4, 0.5) is 4.39 Å². The summed E-state index contributed by atoms with van der Waals surface area (Å²) in [6, 6.07) is 5.40. The minimum absolute atomic E-state index is 0.0971. The topological polar surface area (TPSA) is 59.4 Å². The molecule has 0 spiro atoms. The van der Waals surface area contributed by atoms with Gasteiger partial charge in [-0.15, -0.1) is 0 Å². The third-order valence-corrected chi connectivity index (χ3v) is 3.05. The van der Waals surface area contributed by atoms with Gasteiger partial charge in [-0.3, -0.25) is 0 Å². The molecule has 1 heterocycles. The number of carboxylic acids is 1. The van der Waals surface area contributed by atoms with Gasteiger partial charge in [0.25, 0.3) is 0 Å². The summed E-state index contributed by atoms with van der Waals surface area (Å²) in [5.74, 6) is -2.09. The zero-order valence-corrected chi connectivity index (χ0v) is 11.6. The maximum absolute atomic E-state index is 13.6. The van der Waals surface area contributed by atoms with Gasteiger partial charge in [0.05, 0.1) is 5.56 Å². The maximum Gasteiger partial charge on any atom is 0.337 e. The molecule has 0 atom stereocenters. The second kappa shape index (κ2) is 5.54. The second-order valence-electron chi connectivity index (χ2n) is 3.46. The van der Waals surface area contributed by atoms with Crippen LogP contribution in [0.5, 0.6) is 11.6 Å². The number of ether oxygens (including phenoxy) is 1. The third kappa shape index (κ3) is 3.02. The van der Waals surface area contributed by atoms with Gasteiger partial charge < -0.3 is 9.84 Å². The Labute approximate surface area is 120 Å². The number of aromatic nitrogens is 1. The first-order valence-electron chi connectivity index (χ1n) is 4.99. The van der Waals surface area contributed by atoms with Crippen LogP contribution in [0.3, 0.4) is 0 Å². The lowest BCUT2D eigenvalue weighted by atomic mass is 10.2. The van der Waals surface area contributed by atoms with Crippen LogP contribution < -0.4 is 4.74 Å². The minimum atomic E-state index is -1.21. The number of aromatic carboxylic acids is 1. The molecule has 0 saturated heterocycles. The first-order valence-corrected chi connectivity index (χ1v) is 6.17. The Morgan fingerprint density at radius 3 is 2.79 bits per heavy atom. The van der Waals surface area contributed by atoms with E-state index in [1.165, 1.54) is 24.4 Å². The number of hydrogen-bond donors (Lipinski definition) is 1. The highest BCUT2D eigenvalue weighted by Gasteiger charge is 2.16. The molecule has 0 unspecified atom stereocenters. The van der Waals surface area contributed by atoms with Crippen LogP contribution in [0.1, 0.15) is 10.4 Å². The van der Waals surface area contributed by atoms with E-state index < -0.39 is 11.8 Å². The fraction of sp³-hybridized carbons (Fsp3) is 0. The number of carboxylic acid groups (broad SMARTS) is 1. The van der Waals surface area contributed by atoms with Crippen LogP contribution in [-0.2, 0) is 0 Å². The summed E-state index contributed by atoms with van der Waals surface area (Å²) in [7, 11) is 0. The van der Waals surface area contributed by atoms with Crippen molar-refractivity contribution in [3.05, 3.63) is 51.3 Å². The van der Waals surface area contributed by atoms with Crippen molar-refractivity contribution in [2.45, 2.75) is 0 Å². The number of halogens is 3. The summed E-state index contributed by atoms with van der Waals surface area (Å²) >= 11 is 8.95. The predicted octanol–water partition coefficient (Wildman–Crippen LogP) is 4.13. The van der Waals surface area contributed by atoms with Gasteiger partial charge in [-0.05, 0) is 24.3 Å². The van der Waals surface area contributed by atoms with E-state index in [1.54, 1.807) is 6.07 Å². The van der Waals surface area contributed by atoms with Crippen molar-refractivity contribution in [3.63, 3.8) is 0 Å². The van der Waals surface area contributed by atoms with Crippen molar-refractivity contribution in [2.24, 2.45) is 0 Å². The lowest BCUT2D eigenvalue weighted by molar-refractivity contribution is 0.0696. The van der Waals surface area contributed by atoms with Crippen LogP contribution in [0.2, 0.25) is 5.02 Å². The van der Waals surface area contributed by atoms with Crippen molar-refractivity contribution in [3.8, 4) is 11.6 Å². The van der Waals surface area contributed by atoms with E-state index >= 15 is 0 Å². The summed E-state index contributed by atoms with van der Waals surface area (Å²) < 4.78 is 19.3. The predicted molar refractivity (Wildman–Crippen MR) is 70.4 cm³/mol. The van der Waals surface area contributed by atoms with E-state index in [0.29, 0.717) is 4.47 Å². The molecule has 0 bridgehead atoms. The number of nitrogens with zero attached hydrogens (tertiary/aromatic N) is 1. The fourth-order valence-corrected chi connectivity index (χ4v) is 1.89. The van der Waals surface area contributed by atoms with Crippen LogP contribution >= 0.6 is 27.5 Å². The van der Waals surface area contributed by atoms with Gasteiger partial charge in [0.1, 0.15) is 5.02 Å². The van der Waals surface area contributed by atoms with Gasteiger partial charge in [0.2, 0.25) is 5.88 Å². The molecule has 0 aliphatic heterocycles. The number of carbonyl (C=O) groups is 1. The Kier molecular flexibility index (Phi) is 4.01. The highest BCUT2D eigenvalue weighted by Crippen LogP contribution is 2.31. The van der Waals surface area contributed by atoms with Crippen LogP contribution in [0.15, 0.2) is 34.9 Å². The summed E-state index contributed by atoms with van der Waals surface area (Å²) in [5.41, 5.74) is -0.163. The van der Waals surface area contributed by atoms with Gasteiger partial charge in [0, 0.05) is 10.7 Å². The lowest BCUT2D eigenvalue weighted by Gasteiger charge is -2.08. The number of hydrogen-bond acceptors (Lipinski definition) is 3. The summed E-state index contributed by atoms with van der Waals surface area (Å²) in [6.45, 7) is 0. The smallest absolute Gasteiger partial charge is 0.337 e. The summed E-state index contributed by atoms with van der Waals surface area (Å²) in [6.07, 6.45) is 1.22. The van der Waals surface area contributed by atoms with Crippen molar-refractivity contribution < 1.29 is 19.0 Å². The van der Waals surface area contributed by atoms with Crippen LogP contribution in [-0.4, -0.2) is 16.1 Å². The van der Waals surface area contributed by atoms with Gasteiger partial charge in [-0.2, -0.15) is 0 Å². The molecule has 4 nitrogen and oxygen atoms in total. The molecule has 1 N–H and O–H groups in total. The monoisotopic (exact) mass is 345 g/mol. The molecular formula is C12H6BrClFNO3. The van der Waals surface area contributed by atoms with Gasteiger partial charge in [-0.25, -0.2) is 14.2 Å². The van der Waals surface area contributed by atoms with Gasteiger partial charge in [-0.1, -0.05) is 27.5 Å². The molecule has 19 heavy (non-hydrogen) atoms. The highest BCUT2D eigenvalue weighted by atomic mass is 79.9. The largest absolute Gasteiger partial charge is 0.478 e. The average molecular weight is 347 g/mol. The highest BCUT2D eigenvalue weighted by molar-refractivity contribution is 9.10. The Morgan fingerprint density at radius 1 is 1.42 bits per heavy atom. The Hall–Kier alpha value is -1.66. The zero-order valence-electron chi connectivity index (χ0n) is 9.23. The zero-order chi connectivity index (χ0) is 14.0. The minimum Gasteiger partial charge on any atom is -0.478 e. The molecule has 0 aliphatic rings. The van der Waals surface area contributed by atoms with Crippen molar-refractivity contribution >= 4 is 33.5 Å². The molecule has 0 aliphatic carbocycles. The first-order chi connectivity index (χ1) is 8.99. The van der Waals surface area contributed by atoms with E-state index in [2.05, 4.69) is 20.9 Å². The second-order valence-corrected chi connectivity index (χ2v) is 4.75. The molecular weight excluding hydrogens is 340 g/mol. The molecule has 0 saturated carbocycles. The standard InChI is InChI=1S/C12H6BrClFNO3/c13-6-1-2-9(8(15)5-6)19-11-10(14)7(12(17)18)3-4-16-11/h1-5H,(H,17,18). The number of pyridine rings is 1. The summed E-state index contributed by atoms with van der Waals surface area (Å²) in [4.78, 5) is 14.7. The molecule has 0 fully saturated rings. The molecule has 0 amide bonds. The van der Waals surface area contributed by atoms with E-state index in [1.807, 2.05) is 0 Å². The number of benzene rings is 1. The lowest BCUT2D eigenvalue weighted by Crippen LogP contribution is -2.00. The molecule has 0 radical (unpaired) electrons. The normalized spacial score (nSPS) is 10.3. The maximum atomic E-state index is 13.6. The van der Waals surface area contributed by atoms with E-state index in [9.17, 15) is 9.18 Å². The SMILES string of the molecule is O=C(O)c1ccnc(Oc2ccc(Br)cc2F)c1Cl. The van der Waals surface area contributed by atoms with Gasteiger partial charge >= 0.3 is 5.97 Å². The Balaban J connectivity index is 2.38. The van der Waals surface area contributed by atoms with Crippen molar-refractivity contribution in [1.29, 1.82) is 0 Å². The number of rotatable bonds is 3. The van der Waals surface area contributed by atoms with E-state index in [4.69, 9.17) is 21.4 Å². The molecule has 1 aromatic carbocycles. The third-order valence-electron chi connectivity index (χ3n) is 2.19.